The minimum atomic E-state index is -1.15. The Kier molecular flexibility index (Phi) is 3.99. The van der Waals surface area contributed by atoms with Crippen molar-refractivity contribution in [2.24, 2.45) is 0 Å². The molecule has 1 fully saturated rings. The number of aromatic hydroxyl groups is 1. The van der Waals surface area contributed by atoms with E-state index >= 15 is 0 Å². The van der Waals surface area contributed by atoms with Gasteiger partial charge in [0.05, 0.1) is 5.41 Å². The molecule has 1 aromatic rings. The van der Waals surface area contributed by atoms with Crippen LogP contribution in [0.4, 0.5) is 4.39 Å². The largest absolute Gasteiger partial charge is 0.505 e. The van der Waals surface area contributed by atoms with E-state index in [1.165, 1.54) is 6.07 Å². The monoisotopic (exact) mass is 281 g/mol. The van der Waals surface area contributed by atoms with Crippen LogP contribution >= 0.6 is 0 Å². The lowest BCUT2D eigenvalue weighted by atomic mass is 9.77. The second kappa shape index (κ2) is 5.40. The molecule has 0 bridgehead atoms. The maximum absolute atomic E-state index is 13.9. The zero-order valence-corrected chi connectivity index (χ0v) is 11.8. The number of hydrogen-bond acceptors (Lipinski definition) is 3. The van der Waals surface area contributed by atoms with E-state index in [2.05, 4.69) is 0 Å². The number of carboxylic acid groups (broad SMARTS) is 1. The summed E-state index contributed by atoms with van der Waals surface area (Å²) >= 11 is 0. The van der Waals surface area contributed by atoms with Crippen molar-refractivity contribution in [3.05, 3.63) is 29.1 Å². The average Bonchev–Trinajstić information content (AvgIpc) is 2.83. The molecular weight excluding hydrogens is 261 g/mol. The van der Waals surface area contributed by atoms with Crippen molar-refractivity contribution < 1.29 is 19.4 Å². The molecule has 20 heavy (non-hydrogen) atoms. The number of aliphatic carboxylic acids is 1. The zero-order valence-electron chi connectivity index (χ0n) is 11.8. The third-order valence-electron chi connectivity index (χ3n) is 4.00. The number of halogens is 1. The van der Waals surface area contributed by atoms with E-state index in [1.54, 1.807) is 6.07 Å². The Labute approximate surface area is 117 Å². The Morgan fingerprint density at radius 1 is 1.35 bits per heavy atom. The first-order valence-electron chi connectivity index (χ1n) is 6.77. The highest BCUT2D eigenvalue weighted by Gasteiger charge is 2.45. The van der Waals surface area contributed by atoms with Gasteiger partial charge in [-0.15, -0.1) is 0 Å². The van der Waals surface area contributed by atoms with Gasteiger partial charge in [-0.25, -0.2) is 4.39 Å². The fourth-order valence-corrected chi connectivity index (χ4v) is 3.05. The van der Waals surface area contributed by atoms with Gasteiger partial charge in [0.15, 0.2) is 11.6 Å². The molecule has 1 aromatic carbocycles. The van der Waals surface area contributed by atoms with Gasteiger partial charge in [-0.05, 0) is 44.6 Å². The third kappa shape index (κ3) is 2.50. The normalized spacial score (nSPS) is 17.6. The first kappa shape index (κ1) is 14.8. The number of phenols is 1. The summed E-state index contributed by atoms with van der Waals surface area (Å²) in [5.41, 5.74) is -0.250. The summed E-state index contributed by atoms with van der Waals surface area (Å²) in [6.07, 6.45) is 2.46. The Hall–Kier alpha value is -1.62. The molecule has 0 aliphatic heterocycles. The Balaban J connectivity index is 2.54. The minimum absolute atomic E-state index is 0.222. The first-order valence-corrected chi connectivity index (χ1v) is 6.77. The van der Waals surface area contributed by atoms with Crippen molar-refractivity contribution in [1.82, 2.24) is 4.90 Å². The summed E-state index contributed by atoms with van der Waals surface area (Å²) in [6, 6.07) is 2.90. The lowest BCUT2D eigenvalue weighted by Gasteiger charge is -2.26. The fourth-order valence-electron chi connectivity index (χ4n) is 3.05. The van der Waals surface area contributed by atoms with Gasteiger partial charge in [-0.2, -0.15) is 0 Å². The van der Waals surface area contributed by atoms with Crippen LogP contribution in [0.15, 0.2) is 12.1 Å². The van der Waals surface area contributed by atoms with E-state index in [-0.39, 0.29) is 5.56 Å². The second-order valence-corrected chi connectivity index (χ2v) is 5.81. The molecule has 1 aliphatic rings. The van der Waals surface area contributed by atoms with Crippen molar-refractivity contribution in [3.63, 3.8) is 0 Å². The first-order chi connectivity index (χ1) is 9.36. The molecule has 0 heterocycles. The lowest BCUT2D eigenvalue weighted by molar-refractivity contribution is -0.143. The SMILES string of the molecule is CN(C)Cc1cc(F)c(O)c(C2(C(=O)O)CCCC2)c1. The molecular formula is C15H20FNO3. The van der Waals surface area contributed by atoms with Gasteiger partial charge in [0.2, 0.25) is 0 Å². The number of phenolic OH excluding ortho intramolecular Hbond substituents is 1. The third-order valence-corrected chi connectivity index (χ3v) is 4.00. The number of carboxylic acids is 1. The predicted molar refractivity (Wildman–Crippen MR) is 73.2 cm³/mol. The van der Waals surface area contributed by atoms with Crippen LogP contribution in [0.5, 0.6) is 5.75 Å². The summed E-state index contributed by atoms with van der Waals surface area (Å²) in [7, 11) is 3.71. The van der Waals surface area contributed by atoms with Crippen LogP contribution in [0.2, 0.25) is 0 Å². The van der Waals surface area contributed by atoms with Gasteiger partial charge in [0.25, 0.3) is 0 Å². The Morgan fingerprint density at radius 2 is 1.95 bits per heavy atom. The summed E-state index contributed by atoms with van der Waals surface area (Å²) in [5.74, 6) is -2.24. The summed E-state index contributed by atoms with van der Waals surface area (Å²) < 4.78 is 13.9. The number of nitrogens with zero attached hydrogens (tertiary/aromatic N) is 1. The van der Waals surface area contributed by atoms with Crippen LogP contribution in [-0.4, -0.2) is 35.2 Å². The standard InChI is InChI=1S/C15H20FNO3/c1-17(2)9-10-7-11(13(18)12(16)8-10)15(14(19)20)5-3-4-6-15/h7-8,18H,3-6,9H2,1-2H3,(H,19,20). The molecule has 1 saturated carbocycles. The summed E-state index contributed by atoms with van der Waals surface area (Å²) in [4.78, 5) is 13.5. The van der Waals surface area contributed by atoms with Gasteiger partial charge in [-0.3, -0.25) is 4.79 Å². The van der Waals surface area contributed by atoms with Crippen molar-refractivity contribution in [1.29, 1.82) is 0 Å². The van der Waals surface area contributed by atoms with Gasteiger partial charge in [-0.1, -0.05) is 12.8 Å². The molecule has 5 heteroatoms. The van der Waals surface area contributed by atoms with Crippen LogP contribution in [0.3, 0.4) is 0 Å². The molecule has 2 N–H and O–H groups in total. The van der Waals surface area contributed by atoms with E-state index in [0.29, 0.717) is 24.9 Å². The quantitative estimate of drug-likeness (QED) is 0.890. The van der Waals surface area contributed by atoms with E-state index < -0.39 is 23.0 Å². The number of hydrogen-bond donors (Lipinski definition) is 2. The molecule has 0 saturated heterocycles. The maximum atomic E-state index is 13.9. The Morgan fingerprint density at radius 3 is 2.45 bits per heavy atom. The van der Waals surface area contributed by atoms with E-state index in [9.17, 15) is 19.4 Å². The highest BCUT2D eigenvalue weighted by molar-refractivity contribution is 5.83. The predicted octanol–water partition coefficient (Wildman–Crippen LogP) is 2.49. The van der Waals surface area contributed by atoms with Crippen molar-refractivity contribution in [3.8, 4) is 5.75 Å². The molecule has 4 nitrogen and oxygen atoms in total. The van der Waals surface area contributed by atoms with E-state index in [1.807, 2.05) is 19.0 Å². The number of carbonyl (C=O) groups is 1. The fraction of sp³-hybridized carbons (Fsp3) is 0.533. The van der Waals surface area contributed by atoms with Crippen LogP contribution in [0, 0.1) is 5.82 Å². The highest BCUT2D eigenvalue weighted by Crippen LogP contribution is 2.45. The minimum Gasteiger partial charge on any atom is -0.505 e. The number of benzene rings is 1. The van der Waals surface area contributed by atoms with Crippen molar-refractivity contribution in [2.75, 3.05) is 14.1 Å². The smallest absolute Gasteiger partial charge is 0.314 e. The second-order valence-electron chi connectivity index (χ2n) is 5.81. The molecule has 110 valence electrons. The van der Waals surface area contributed by atoms with Crippen LogP contribution < -0.4 is 0 Å². The molecule has 2 rings (SSSR count). The maximum Gasteiger partial charge on any atom is 0.314 e. The molecule has 0 unspecified atom stereocenters. The summed E-state index contributed by atoms with van der Waals surface area (Å²) in [6.45, 7) is 0.500. The van der Waals surface area contributed by atoms with Crippen LogP contribution in [-0.2, 0) is 16.8 Å². The van der Waals surface area contributed by atoms with Gasteiger partial charge >= 0.3 is 5.97 Å². The highest BCUT2D eigenvalue weighted by atomic mass is 19.1. The van der Waals surface area contributed by atoms with Crippen LogP contribution in [0.1, 0.15) is 36.8 Å². The van der Waals surface area contributed by atoms with Gasteiger partial charge in [0.1, 0.15) is 0 Å². The Bertz CT molecular complexity index is 522. The molecule has 1 aliphatic carbocycles. The topological polar surface area (TPSA) is 60.8 Å². The molecule has 0 amide bonds. The van der Waals surface area contributed by atoms with Gasteiger partial charge in [0, 0.05) is 12.1 Å². The molecule has 0 atom stereocenters. The van der Waals surface area contributed by atoms with Crippen molar-refractivity contribution >= 4 is 5.97 Å². The molecule has 0 radical (unpaired) electrons. The summed E-state index contributed by atoms with van der Waals surface area (Å²) in [5, 5.41) is 19.5. The van der Waals surface area contributed by atoms with Crippen LogP contribution in [0.25, 0.3) is 0 Å². The molecule has 0 spiro atoms. The number of rotatable bonds is 4. The molecule has 0 aromatic heterocycles. The zero-order chi connectivity index (χ0) is 14.9. The van der Waals surface area contributed by atoms with Gasteiger partial charge < -0.3 is 15.1 Å². The van der Waals surface area contributed by atoms with E-state index in [0.717, 1.165) is 12.8 Å². The average molecular weight is 281 g/mol. The van der Waals surface area contributed by atoms with E-state index in [4.69, 9.17) is 0 Å². The lowest BCUT2D eigenvalue weighted by Crippen LogP contribution is -2.33. The van der Waals surface area contributed by atoms with Crippen molar-refractivity contribution in [2.45, 2.75) is 37.6 Å².